The third-order valence-electron chi connectivity index (χ3n) is 3.95. The number of nitriles is 1. The van der Waals surface area contributed by atoms with E-state index in [0.717, 1.165) is 38.1 Å². The molecule has 1 N–H and O–H groups in total. The predicted octanol–water partition coefficient (Wildman–Crippen LogP) is 1.71. The minimum Gasteiger partial charge on any atom is -0.317 e. The molecule has 0 saturated carbocycles. The molecule has 0 bridgehead atoms. The molecule has 1 saturated heterocycles. The number of piperidine rings is 1. The van der Waals surface area contributed by atoms with Gasteiger partial charge in [0.15, 0.2) is 0 Å². The lowest BCUT2D eigenvalue weighted by Crippen LogP contribution is -2.40. The molecule has 0 radical (unpaired) electrons. The Balaban J connectivity index is 2.11. The lowest BCUT2D eigenvalue weighted by atomic mass is 9.98. The third kappa shape index (κ3) is 3.64. The molecule has 1 aromatic carbocycles. The fourth-order valence-corrected chi connectivity index (χ4v) is 4.10. The number of nitrogens with zero attached hydrogens (tertiary/aromatic N) is 2. The lowest BCUT2D eigenvalue weighted by molar-refractivity contribution is 0.268. The molecule has 0 atom stereocenters. The van der Waals surface area contributed by atoms with Crippen LogP contribution in [-0.4, -0.2) is 38.9 Å². The van der Waals surface area contributed by atoms with Crippen LogP contribution in [0.25, 0.3) is 0 Å². The number of rotatable bonds is 5. The molecule has 1 aliphatic rings. The second kappa shape index (κ2) is 7.18. The summed E-state index contributed by atoms with van der Waals surface area (Å²) in [5, 5.41) is 12.1. The molecular weight excluding hydrogens is 305 g/mol. The molecule has 2 rings (SSSR count). The molecule has 0 spiro atoms. The normalized spacial score (nSPS) is 17.3. The quantitative estimate of drug-likeness (QED) is 0.894. The van der Waals surface area contributed by atoms with Crippen molar-refractivity contribution in [3.8, 4) is 6.07 Å². The highest BCUT2D eigenvalue weighted by Crippen LogP contribution is 2.24. The number of hydrogen-bond acceptors (Lipinski definition) is 4. The molecule has 0 aromatic heterocycles. The minimum atomic E-state index is -3.66. The maximum absolute atomic E-state index is 13.3. The largest absolute Gasteiger partial charge is 0.317 e. The zero-order valence-corrected chi connectivity index (χ0v) is 13.4. The van der Waals surface area contributed by atoms with Gasteiger partial charge in [-0.2, -0.15) is 9.57 Å². The first-order valence-electron chi connectivity index (χ1n) is 7.39. The zero-order chi connectivity index (χ0) is 16.2. The van der Waals surface area contributed by atoms with Gasteiger partial charge in [-0.3, -0.25) is 0 Å². The fourth-order valence-electron chi connectivity index (χ4n) is 2.60. The summed E-state index contributed by atoms with van der Waals surface area (Å²) in [6.45, 7) is 4.76. The highest BCUT2D eigenvalue weighted by atomic mass is 32.2. The standard InChI is InChI=1S/C15H20FN3O2S/c1-2-18-11-12-5-7-19(8-6-12)22(20,21)14-3-4-15(16)13(9-14)10-17/h3-4,9,12,18H,2,5-8,11H2,1H3. The van der Waals surface area contributed by atoms with Crippen LogP contribution in [0.3, 0.4) is 0 Å². The Morgan fingerprint density at radius 1 is 1.41 bits per heavy atom. The first kappa shape index (κ1) is 16.9. The van der Waals surface area contributed by atoms with Crippen LogP contribution in [0.15, 0.2) is 23.1 Å². The van der Waals surface area contributed by atoms with Crippen LogP contribution in [0.5, 0.6) is 0 Å². The molecule has 22 heavy (non-hydrogen) atoms. The molecule has 7 heteroatoms. The van der Waals surface area contributed by atoms with Crippen molar-refractivity contribution in [1.29, 1.82) is 5.26 Å². The highest BCUT2D eigenvalue weighted by molar-refractivity contribution is 7.89. The van der Waals surface area contributed by atoms with Gasteiger partial charge in [0.05, 0.1) is 10.5 Å². The summed E-state index contributed by atoms with van der Waals surface area (Å²) >= 11 is 0. The van der Waals surface area contributed by atoms with Crippen LogP contribution >= 0.6 is 0 Å². The number of hydrogen-bond donors (Lipinski definition) is 1. The summed E-state index contributed by atoms with van der Waals surface area (Å²) in [7, 11) is -3.66. The van der Waals surface area contributed by atoms with Gasteiger partial charge in [0.1, 0.15) is 11.9 Å². The van der Waals surface area contributed by atoms with E-state index < -0.39 is 15.8 Å². The van der Waals surface area contributed by atoms with Crippen molar-refractivity contribution >= 4 is 10.0 Å². The second-order valence-corrected chi connectivity index (χ2v) is 7.35. The first-order valence-corrected chi connectivity index (χ1v) is 8.83. The average molecular weight is 325 g/mol. The topological polar surface area (TPSA) is 73.2 Å². The van der Waals surface area contributed by atoms with Gasteiger partial charge >= 0.3 is 0 Å². The minimum absolute atomic E-state index is 0.0180. The van der Waals surface area contributed by atoms with Gasteiger partial charge in [-0.05, 0) is 50.0 Å². The van der Waals surface area contributed by atoms with Crippen molar-refractivity contribution in [1.82, 2.24) is 9.62 Å². The van der Waals surface area contributed by atoms with E-state index >= 15 is 0 Å². The molecule has 1 fully saturated rings. The van der Waals surface area contributed by atoms with Gasteiger partial charge in [0.25, 0.3) is 0 Å². The van der Waals surface area contributed by atoms with Crippen molar-refractivity contribution in [2.75, 3.05) is 26.2 Å². The van der Waals surface area contributed by atoms with E-state index in [9.17, 15) is 12.8 Å². The summed E-state index contributed by atoms with van der Waals surface area (Å²) < 4.78 is 39.9. The zero-order valence-electron chi connectivity index (χ0n) is 12.5. The van der Waals surface area contributed by atoms with E-state index in [2.05, 4.69) is 5.32 Å². The maximum atomic E-state index is 13.3. The third-order valence-corrected chi connectivity index (χ3v) is 5.85. The van der Waals surface area contributed by atoms with Crippen LogP contribution < -0.4 is 5.32 Å². The van der Waals surface area contributed by atoms with Crippen molar-refractivity contribution < 1.29 is 12.8 Å². The Morgan fingerprint density at radius 3 is 2.68 bits per heavy atom. The Hall–Kier alpha value is -1.49. The second-order valence-electron chi connectivity index (χ2n) is 5.41. The summed E-state index contributed by atoms with van der Waals surface area (Å²) in [6.07, 6.45) is 1.61. The van der Waals surface area contributed by atoms with Gasteiger partial charge in [-0.1, -0.05) is 6.92 Å². The van der Waals surface area contributed by atoms with Gasteiger partial charge < -0.3 is 5.32 Å². The van der Waals surface area contributed by atoms with E-state index in [1.807, 2.05) is 6.92 Å². The number of halogens is 1. The van der Waals surface area contributed by atoms with Crippen LogP contribution in [0, 0.1) is 23.1 Å². The van der Waals surface area contributed by atoms with Gasteiger partial charge in [-0.15, -0.1) is 0 Å². The Bertz CT molecular complexity index is 662. The molecule has 1 aromatic rings. The monoisotopic (exact) mass is 325 g/mol. The molecule has 0 aliphatic carbocycles. The SMILES string of the molecule is CCNCC1CCN(S(=O)(=O)c2ccc(F)c(C#N)c2)CC1. The van der Waals surface area contributed by atoms with E-state index in [1.165, 1.54) is 10.4 Å². The fraction of sp³-hybridized carbons (Fsp3) is 0.533. The van der Waals surface area contributed by atoms with Crippen molar-refractivity contribution in [2.45, 2.75) is 24.7 Å². The molecule has 120 valence electrons. The molecule has 5 nitrogen and oxygen atoms in total. The smallest absolute Gasteiger partial charge is 0.243 e. The molecule has 1 heterocycles. The van der Waals surface area contributed by atoms with Gasteiger partial charge in [0, 0.05) is 13.1 Å². The van der Waals surface area contributed by atoms with Crippen molar-refractivity contribution in [3.63, 3.8) is 0 Å². The molecule has 1 aliphatic heterocycles. The van der Waals surface area contributed by atoms with Crippen LogP contribution in [0.1, 0.15) is 25.3 Å². The summed E-state index contributed by atoms with van der Waals surface area (Å²) in [5.74, 6) is -0.222. The number of benzene rings is 1. The number of sulfonamides is 1. The van der Waals surface area contributed by atoms with Crippen LogP contribution in [0.2, 0.25) is 0 Å². The van der Waals surface area contributed by atoms with Crippen LogP contribution in [0.4, 0.5) is 4.39 Å². The summed E-state index contributed by atoms with van der Waals surface area (Å²) in [5.41, 5.74) is -0.247. The van der Waals surface area contributed by atoms with E-state index in [4.69, 9.17) is 5.26 Å². The molecule has 0 amide bonds. The predicted molar refractivity (Wildman–Crippen MR) is 81.1 cm³/mol. The Morgan fingerprint density at radius 2 is 2.09 bits per heavy atom. The van der Waals surface area contributed by atoms with Crippen molar-refractivity contribution in [2.24, 2.45) is 5.92 Å². The van der Waals surface area contributed by atoms with E-state index in [1.54, 1.807) is 6.07 Å². The highest BCUT2D eigenvalue weighted by Gasteiger charge is 2.29. The van der Waals surface area contributed by atoms with Crippen molar-refractivity contribution in [3.05, 3.63) is 29.6 Å². The first-order chi connectivity index (χ1) is 10.5. The summed E-state index contributed by atoms with van der Waals surface area (Å²) in [4.78, 5) is -0.0180. The van der Waals surface area contributed by atoms with Gasteiger partial charge in [-0.25, -0.2) is 12.8 Å². The van der Waals surface area contributed by atoms with Crippen LogP contribution in [-0.2, 0) is 10.0 Å². The Kier molecular flexibility index (Phi) is 5.51. The molecular formula is C15H20FN3O2S. The lowest BCUT2D eigenvalue weighted by Gasteiger charge is -2.31. The van der Waals surface area contributed by atoms with E-state index in [0.29, 0.717) is 19.0 Å². The molecule has 0 unspecified atom stereocenters. The maximum Gasteiger partial charge on any atom is 0.243 e. The van der Waals surface area contributed by atoms with E-state index in [-0.39, 0.29) is 10.5 Å². The average Bonchev–Trinajstić information content (AvgIpc) is 2.53. The number of nitrogens with one attached hydrogen (secondary N) is 1. The Labute approximate surface area is 130 Å². The van der Waals surface area contributed by atoms with Gasteiger partial charge in [0.2, 0.25) is 10.0 Å². The summed E-state index contributed by atoms with van der Waals surface area (Å²) in [6, 6.07) is 5.03.